The van der Waals surface area contributed by atoms with Crippen molar-refractivity contribution in [3.05, 3.63) is 60.2 Å². The first kappa shape index (κ1) is 13.3. The van der Waals surface area contributed by atoms with Crippen LogP contribution in [0.5, 0.6) is 0 Å². The van der Waals surface area contributed by atoms with E-state index < -0.39 is 0 Å². The predicted molar refractivity (Wildman–Crippen MR) is 93.3 cm³/mol. The van der Waals surface area contributed by atoms with Gasteiger partial charge in [0, 0.05) is 5.92 Å². The van der Waals surface area contributed by atoms with Gasteiger partial charge in [-0.2, -0.15) is 5.10 Å². The van der Waals surface area contributed by atoms with Crippen molar-refractivity contribution in [1.82, 2.24) is 10.3 Å². The zero-order valence-electron chi connectivity index (χ0n) is 13.2. The summed E-state index contributed by atoms with van der Waals surface area (Å²) in [7, 11) is 0. The molecule has 3 nitrogen and oxygen atoms in total. The minimum Gasteiger partial charge on any atom is -0.301 e. The maximum absolute atomic E-state index is 4.70. The molecule has 2 aromatic carbocycles. The Morgan fingerprint density at radius 1 is 0.870 bits per heavy atom. The van der Waals surface area contributed by atoms with E-state index in [1.165, 1.54) is 48.3 Å². The van der Waals surface area contributed by atoms with Gasteiger partial charge in [0.25, 0.3) is 0 Å². The summed E-state index contributed by atoms with van der Waals surface area (Å²) in [6, 6.07) is 20.4. The quantitative estimate of drug-likeness (QED) is 0.920. The van der Waals surface area contributed by atoms with Gasteiger partial charge in [-0.1, -0.05) is 54.6 Å². The van der Waals surface area contributed by atoms with E-state index in [9.17, 15) is 0 Å². The zero-order chi connectivity index (χ0) is 15.2. The number of hydrogen-bond donors (Lipinski definition) is 1. The van der Waals surface area contributed by atoms with Gasteiger partial charge >= 0.3 is 0 Å². The van der Waals surface area contributed by atoms with Gasteiger partial charge in [0.2, 0.25) is 0 Å². The molecule has 6 rings (SSSR count). The van der Waals surface area contributed by atoms with Crippen LogP contribution in [0.3, 0.4) is 0 Å². The first-order valence-electron chi connectivity index (χ1n) is 8.62. The molecule has 3 fully saturated rings. The van der Waals surface area contributed by atoms with E-state index in [0.717, 1.165) is 0 Å². The van der Waals surface area contributed by atoms with Gasteiger partial charge in [-0.15, -0.1) is 0 Å². The highest BCUT2D eigenvalue weighted by molar-refractivity contribution is 5.95. The molecule has 0 aliphatic carbocycles. The van der Waals surface area contributed by atoms with Gasteiger partial charge in [-0.25, -0.2) is 0 Å². The number of rotatable bonds is 2. The monoisotopic (exact) mass is 303 g/mol. The normalized spacial score (nSPS) is 31.4. The number of fused-ring (bicyclic) bond motifs is 2. The molecule has 23 heavy (non-hydrogen) atoms. The number of piperidine rings is 3. The lowest BCUT2D eigenvalue weighted by molar-refractivity contribution is 0.133. The number of nitrogens with zero attached hydrogens (tertiary/aromatic N) is 2. The zero-order valence-corrected chi connectivity index (χ0v) is 13.2. The van der Waals surface area contributed by atoms with Crippen molar-refractivity contribution in [1.29, 1.82) is 0 Å². The smallest absolute Gasteiger partial charge is 0.0899 e. The molecule has 3 saturated heterocycles. The molecule has 4 heterocycles. The van der Waals surface area contributed by atoms with Crippen molar-refractivity contribution in [2.75, 3.05) is 13.1 Å². The van der Waals surface area contributed by atoms with Crippen LogP contribution in [0.1, 0.15) is 24.4 Å². The molecule has 0 aromatic heterocycles. The Morgan fingerprint density at radius 2 is 1.57 bits per heavy atom. The van der Waals surface area contributed by atoms with Crippen LogP contribution in [-0.4, -0.2) is 29.7 Å². The Kier molecular flexibility index (Phi) is 3.01. The van der Waals surface area contributed by atoms with Crippen LogP contribution in [0, 0.1) is 5.92 Å². The molecule has 2 bridgehead atoms. The molecule has 2 atom stereocenters. The van der Waals surface area contributed by atoms with Crippen molar-refractivity contribution in [3.63, 3.8) is 0 Å². The standard InChI is InChI=1S/C20H21N3/c1-2-4-14(5-3-1)15-6-8-16(9-7-15)18-20-19(22-21-18)17-10-12-23(20)13-11-17/h1-9,17-18,20-21H,10-13H2/t18-,20+/m1/s1. The molecule has 116 valence electrons. The Hall–Kier alpha value is -2.13. The highest BCUT2D eigenvalue weighted by Crippen LogP contribution is 2.39. The van der Waals surface area contributed by atoms with Crippen molar-refractivity contribution >= 4 is 5.71 Å². The van der Waals surface area contributed by atoms with E-state index in [2.05, 4.69) is 64.9 Å². The Morgan fingerprint density at radius 3 is 2.30 bits per heavy atom. The summed E-state index contributed by atoms with van der Waals surface area (Å²) in [4.78, 5) is 2.62. The van der Waals surface area contributed by atoms with Crippen molar-refractivity contribution in [3.8, 4) is 11.1 Å². The first-order valence-corrected chi connectivity index (χ1v) is 8.62. The molecule has 1 N–H and O–H groups in total. The average molecular weight is 303 g/mol. The third-order valence-electron chi connectivity index (χ3n) is 5.67. The summed E-state index contributed by atoms with van der Waals surface area (Å²) in [5.74, 6) is 0.714. The highest BCUT2D eigenvalue weighted by atomic mass is 15.4. The van der Waals surface area contributed by atoms with Gasteiger partial charge in [0.05, 0.1) is 17.8 Å². The number of nitrogens with one attached hydrogen (secondary N) is 1. The van der Waals surface area contributed by atoms with Crippen LogP contribution in [0.2, 0.25) is 0 Å². The van der Waals surface area contributed by atoms with Crippen molar-refractivity contribution < 1.29 is 0 Å². The van der Waals surface area contributed by atoms with Crippen LogP contribution in [0.4, 0.5) is 0 Å². The van der Waals surface area contributed by atoms with Crippen molar-refractivity contribution in [2.24, 2.45) is 11.0 Å². The second-order valence-electron chi connectivity index (χ2n) is 6.89. The van der Waals surface area contributed by atoms with Gasteiger partial charge in [-0.05, 0) is 42.6 Å². The van der Waals surface area contributed by atoms with Crippen LogP contribution in [-0.2, 0) is 0 Å². The average Bonchev–Trinajstić information content (AvgIpc) is 3.11. The molecule has 0 spiro atoms. The lowest BCUT2D eigenvalue weighted by atomic mass is 9.78. The summed E-state index contributed by atoms with van der Waals surface area (Å²) in [6.45, 7) is 2.46. The SMILES string of the molecule is c1ccc(-c2ccc([C@H]3NN=C4C5CCN(CC5)[C@H]43)cc2)cc1. The summed E-state index contributed by atoms with van der Waals surface area (Å²) in [5.41, 5.74) is 8.72. The summed E-state index contributed by atoms with van der Waals surface area (Å²) >= 11 is 0. The lowest BCUT2D eigenvalue weighted by Gasteiger charge is -2.45. The Bertz CT molecular complexity index is 727. The number of hydrazone groups is 1. The topological polar surface area (TPSA) is 27.6 Å². The second kappa shape index (κ2) is 5.20. The molecule has 3 heteroatoms. The molecular weight excluding hydrogens is 282 g/mol. The van der Waals surface area contributed by atoms with E-state index in [-0.39, 0.29) is 0 Å². The van der Waals surface area contributed by atoms with Crippen molar-refractivity contribution in [2.45, 2.75) is 24.9 Å². The molecule has 2 aromatic rings. The van der Waals surface area contributed by atoms with Gasteiger partial charge in [0.15, 0.2) is 0 Å². The summed E-state index contributed by atoms with van der Waals surface area (Å²) in [6.07, 6.45) is 2.58. The van der Waals surface area contributed by atoms with Gasteiger partial charge < -0.3 is 5.43 Å². The van der Waals surface area contributed by atoms with Crippen LogP contribution in [0.25, 0.3) is 11.1 Å². The van der Waals surface area contributed by atoms with E-state index >= 15 is 0 Å². The minimum absolute atomic E-state index is 0.318. The molecule has 0 unspecified atom stereocenters. The van der Waals surface area contributed by atoms with E-state index in [4.69, 9.17) is 5.10 Å². The van der Waals surface area contributed by atoms with Gasteiger partial charge in [-0.3, -0.25) is 4.90 Å². The molecule has 4 aliphatic heterocycles. The molecule has 4 aliphatic rings. The molecule has 0 radical (unpaired) electrons. The molecule has 0 saturated carbocycles. The van der Waals surface area contributed by atoms with Crippen LogP contribution in [0.15, 0.2) is 59.7 Å². The second-order valence-corrected chi connectivity index (χ2v) is 6.89. The third kappa shape index (κ3) is 2.11. The number of benzene rings is 2. The first-order chi connectivity index (χ1) is 11.4. The van der Waals surface area contributed by atoms with Crippen LogP contribution < -0.4 is 5.43 Å². The molecule has 0 amide bonds. The largest absolute Gasteiger partial charge is 0.301 e. The highest BCUT2D eigenvalue weighted by Gasteiger charge is 2.46. The van der Waals surface area contributed by atoms with Crippen LogP contribution >= 0.6 is 0 Å². The van der Waals surface area contributed by atoms with Gasteiger partial charge in [0.1, 0.15) is 0 Å². The fraction of sp³-hybridized carbons (Fsp3) is 0.350. The third-order valence-corrected chi connectivity index (χ3v) is 5.67. The fourth-order valence-electron chi connectivity index (χ4n) is 4.43. The maximum atomic E-state index is 4.70. The lowest BCUT2D eigenvalue weighted by Crippen LogP contribution is -2.56. The van der Waals surface area contributed by atoms with E-state index in [0.29, 0.717) is 18.0 Å². The molecular formula is C20H21N3. The summed E-state index contributed by atoms with van der Waals surface area (Å²) < 4.78 is 0. The number of hydrogen-bond acceptors (Lipinski definition) is 3. The Balaban J connectivity index is 1.43. The fourth-order valence-corrected chi connectivity index (χ4v) is 4.43. The summed E-state index contributed by atoms with van der Waals surface area (Å²) in [5, 5.41) is 4.70. The Labute approximate surface area is 137 Å². The maximum Gasteiger partial charge on any atom is 0.0899 e. The van der Waals surface area contributed by atoms with E-state index in [1.54, 1.807) is 0 Å². The van der Waals surface area contributed by atoms with E-state index in [1.807, 2.05) is 0 Å². The minimum atomic E-state index is 0.318. The predicted octanol–water partition coefficient (Wildman–Crippen LogP) is 3.45.